The average Bonchev–Trinajstić information content (AvgIpc) is 2.97. The zero-order valence-electron chi connectivity index (χ0n) is 10.8. The Labute approximate surface area is 112 Å². The number of nitrogens with two attached hydrogens (primary N) is 1. The number of hydrogen-bond acceptors (Lipinski definition) is 5. The highest BCUT2D eigenvalue weighted by atomic mass is 16.5. The van der Waals surface area contributed by atoms with Gasteiger partial charge in [0.15, 0.2) is 0 Å². The van der Waals surface area contributed by atoms with Crippen molar-refractivity contribution in [3.8, 4) is 0 Å². The van der Waals surface area contributed by atoms with Crippen molar-refractivity contribution < 1.29 is 4.74 Å². The van der Waals surface area contributed by atoms with Crippen LogP contribution in [0.3, 0.4) is 0 Å². The van der Waals surface area contributed by atoms with E-state index in [0.29, 0.717) is 12.4 Å². The second-order valence-electron chi connectivity index (χ2n) is 4.73. The average molecular weight is 258 g/mol. The minimum absolute atomic E-state index is 0.287. The second kappa shape index (κ2) is 5.50. The minimum atomic E-state index is 0.287. The Hall–Kier alpha value is -1.72. The van der Waals surface area contributed by atoms with Crippen LogP contribution >= 0.6 is 0 Å². The first kappa shape index (κ1) is 12.3. The third kappa shape index (κ3) is 2.67. The number of para-hydroxylation sites is 1. The Bertz CT molecular complexity index is 566. The van der Waals surface area contributed by atoms with Gasteiger partial charge in [0.2, 0.25) is 0 Å². The topological polar surface area (TPSA) is 73.1 Å². The van der Waals surface area contributed by atoms with Crippen molar-refractivity contribution in [1.29, 1.82) is 0 Å². The van der Waals surface area contributed by atoms with Gasteiger partial charge in [0.1, 0.15) is 11.6 Å². The van der Waals surface area contributed by atoms with Gasteiger partial charge in [-0.15, -0.1) is 0 Å². The molecule has 1 aromatic heterocycles. The summed E-state index contributed by atoms with van der Waals surface area (Å²) in [6.45, 7) is 2.00. The molecule has 2 aromatic rings. The standard InChI is InChI=1S/C14H18N4O/c15-8-13-17-12-6-2-1-5-11(12)14(18-13)16-9-10-4-3-7-19-10/h1-2,5-6,10H,3-4,7-9,15H2,(H,16,17,18). The van der Waals surface area contributed by atoms with E-state index < -0.39 is 0 Å². The number of hydrogen-bond donors (Lipinski definition) is 2. The van der Waals surface area contributed by atoms with Crippen LogP contribution in [0.4, 0.5) is 5.82 Å². The predicted octanol–water partition coefficient (Wildman–Crippen LogP) is 1.68. The fraction of sp³-hybridized carbons (Fsp3) is 0.429. The van der Waals surface area contributed by atoms with E-state index in [1.807, 2.05) is 24.3 Å². The van der Waals surface area contributed by atoms with Crippen LogP contribution in [-0.4, -0.2) is 29.2 Å². The van der Waals surface area contributed by atoms with Gasteiger partial charge in [-0.2, -0.15) is 0 Å². The van der Waals surface area contributed by atoms with Crippen molar-refractivity contribution in [2.45, 2.75) is 25.5 Å². The predicted molar refractivity (Wildman–Crippen MR) is 74.9 cm³/mol. The molecule has 2 heterocycles. The van der Waals surface area contributed by atoms with Crippen LogP contribution in [0.1, 0.15) is 18.7 Å². The number of benzene rings is 1. The van der Waals surface area contributed by atoms with Crippen molar-refractivity contribution in [1.82, 2.24) is 9.97 Å². The zero-order valence-corrected chi connectivity index (χ0v) is 10.8. The maximum atomic E-state index is 5.65. The molecule has 1 fully saturated rings. The van der Waals surface area contributed by atoms with Crippen LogP contribution in [0, 0.1) is 0 Å². The van der Waals surface area contributed by atoms with Crippen molar-refractivity contribution in [3.63, 3.8) is 0 Å². The molecule has 5 nitrogen and oxygen atoms in total. The molecule has 3 rings (SSSR count). The van der Waals surface area contributed by atoms with Crippen LogP contribution in [0.25, 0.3) is 10.9 Å². The molecule has 5 heteroatoms. The molecule has 1 aliphatic heterocycles. The monoisotopic (exact) mass is 258 g/mol. The molecule has 0 aliphatic carbocycles. The van der Waals surface area contributed by atoms with Gasteiger partial charge in [0.05, 0.1) is 18.2 Å². The van der Waals surface area contributed by atoms with Gasteiger partial charge in [-0.05, 0) is 25.0 Å². The Kier molecular flexibility index (Phi) is 3.57. The molecule has 1 atom stereocenters. The summed E-state index contributed by atoms with van der Waals surface area (Å²) in [5.74, 6) is 1.51. The zero-order chi connectivity index (χ0) is 13.1. The largest absolute Gasteiger partial charge is 0.376 e. The lowest BCUT2D eigenvalue weighted by molar-refractivity contribution is 0.120. The van der Waals surface area contributed by atoms with E-state index in [4.69, 9.17) is 10.5 Å². The molecule has 0 spiro atoms. The summed E-state index contributed by atoms with van der Waals surface area (Å²) < 4.78 is 5.61. The number of anilines is 1. The van der Waals surface area contributed by atoms with Crippen molar-refractivity contribution >= 4 is 16.7 Å². The first-order valence-corrected chi connectivity index (χ1v) is 6.68. The molecule has 3 N–H and O–H groups in total. The normalized spacial score (nSPS) is 18.9. The van der Waals surface area contributed by atoms with Crippen LogP contribution < -0.4 is 11.1 Å². The lowest BCUT2D eigenvalue weighted by atomic mass is 10.2. The Morgan fingerprint density at radius 3 is 3.00 bits per heavy atom. The highest BCUT2D eigenvalue weighted by molar-refractivity contribution is 5.88. The molecular formula is C14H18N4O. The quantitative estimate of drug-likeness (QED) is 0.873. The van der Waals surface area contributed by atoms with E-state index in [9.17, 15) is 0 Å². The molecule has 0 amide bonds. The summed E-state index contributed by atoms with van der Waals surface area (Å²) in [4.78, 5) is 8.90. The molecule has 0 saturated carbocycles. The van der Waals surface area contributed by atoms with Crippen LogP contribution in [0.2, 0.25) is 0 Å². The molecule has 0 radical (unpaired) electrons. The summed E-state index contributed by atoms with van der Waals surface area (Å²) in [6, 6.07) is 7.96. The molecule has 1 unspecified atom stereocenters. The number of nitrogens with one attached hydrogen (secondary N) is 1. The molecule has 100 valence electrons. The Morgan fingerprint density at radius 2 is 2.21 bits per heavy atom. The summed E-state index contributed by atoms with van der Waals surface area (Å²) in [5, 5.41) is 4.40. The number of aromatic nitrogens is 2. The number of fused-ring (bicyclic) bond motifs is 1. The van der Waals surface area contributed by atoms with Crippen LogP contribution in [-0.2, 0) is 11.3 Å². The minimum Gasteiger partial charge on any atom is -0.376 e. The Balaban J connectivity index is 1.87. The summed E-state index contributed by atoms with van der Waals surface area (Å²) >= 11 is 0. The molecule has 0 bridgehead atoms. The van der Waals surface area contributed by atoms with Gasteiger partial charge in [-0.25, -0.2) is 9.97 Å². The van der Waals surface area contributed by atoms with E-state index in [1.165, 1.54) is 0 Å². The van der Waals surface area contributed by atoms with Crippen molar-refractivity contribution in [2.75, 3.05) is 18.5 Å². The fourth-order valence-corrected chi connectivity index (χ4v) is 2.37. The molecule has 19 heavy (non-hydrogen) atoms. The van der Waals surface area contributed by atoms with Crippen LogP contribution in [0.5, 0.6) is 0 Å². The van der Waals surface area contributed by atoms with Gasteiger partial charge >= 0.3 is 0 Å². The molecular weight excluding hydrogens is 240 g/mol. The SMILES string of the molecule is NCc1nc(NCC2CCCO2)c2ccccc2n1. The van der Waals surface area contributed by atoms with Crippen molar-refractivity contribution in [2.24, 2.45) is 5.73 Å². The highest BCUT2D eigenvalue weighted by Gasteiger charge is 2.16. The Morgan fingerprint density at radius 1 is 1.32 bits per heavy atom. The molecule has 1 aromatic carbocycles. The van der Waals surface area contributed by atoms with E-state index >= 15 is 0 Å². The maximum absolute atomic E-state index is 5.65. The second-order valence-corrected chi connectivity index (χ2v) is 4.73. The van der Waals surface area contributed by atoms with E-state index in [0.717, 1.165) is 42.7 Å². The van der Waals surface area contributed by atoms with E-state index in [2.05, 4.69) is 15.3 Å². The van der Waals surface area contributed by atoms with Gasteiger partial charge in [-0.3, -0.25) is 0 Å². The smallest absolute Gasteiger partial charge is 0.144 e. The van der Waals surface area contributed by atoms with Gasteiger partial charge in [-0.1, -0.05) is 12.1 Å². The van der Waals surface area contributed by atoms with E-state index in [1.54, 1.807) is 0 Å². The summed E-state index contributed by atoms with van der Waals surface area (Å²) in [7, 11) is 0. The van der Waals surface area contributed by atoms with Crippen molar-refractivity contribution in [3.05, 3.63) is 30.1 Å². The number of nitrogens with zero attached hydrogens (tertiary/aromatic N) is 2. The first-order valence-electron chi connectivity index (χ1n) is 6.68. The number of ether oxygens (including phenoxy) is 1. The third-order valence-electron chi connectivity index (χ3n) is 3.35. The lowest BCUT2D eigenvalue weighted by Gasteiger charge is -2.13. The van der Waals surface area contributed by atoms with Gasteiger partial charge in [0, 0.05) is 18.5 Å². The molecule has 1 aliphatic rings. The van der Waals surface area contributed by atoms with E-state index in [-0.39, 0.29) is 6.10 Å². The van der Waals surface area contributed by atoms with Gasteiger partial charge in [0.25, 0.3) is 0 Å². The first-order chi connectivity index (χ1) is 9.36. The maximum Gasteiger partial charge on any atom is 0.144 e. The molecule has 1 saturated heterocycles. The highest BCUT2D eigenvalue weighted by Crippen LogP contribution is 2.21. The summed E-state index contributed by atoms with van der Waals surface area (Å²) in [5.41, 5.74) is 6.57. The lowest BCUT2D eigenvalue weighted by Crippen LogP contribution is -2.19. The fourth-order valence-electron chi connectivity index (χ4n) is 2.37. The number of rotatable bonds is 4. The summed E-state index contributed by atoms with van der Waals surface area (Å²) in [6.07, 6.45) is 2.54. The third-order valence-corrected chi connectivity index (χ3v) is 3.35. The van der Waals surface area contributed by atoms with Gasteiger partial charge < -0.3 is 15.8 Å². The van der Waals surface area contributed by atoms with Crippen LogP contribution in [0.15, 0.2) is 24.3 Å².